The van der Waals surface area contributed by atoms with Crippen molar-refractivity contribution in [1.29, 1.82) is 0 Å². The summed E-state index contributed by atoms with van der Waals surface area (Å²) >= 11 is 0. The lowest BCUT2D eigenvalue weighted by atomic mass is 10.0. The van der Waals surface area contributed by atoms with Gasteiger partial charge in [0, 0.05) is 6.42 Å². The van der Waals surface area contributed by atoms with Crippen LogP contribution in [0, 0.1) is 11.6 Å². The maximum atomic E-state index is 13.8. The van der Waals surface area contributed by atoms with Crippen molar-refractivity contribution in [2.75, 3.05) is 0 Å². The summed E-state index contributed by atoms with van der Waals surface area (Å²) in [4.78, 5) is 22.5. The van der Waals surface area contributed by atoms with Crippen LogP contribution in [0.25, 0.3) is 0 Å². The molecule has 0 unspecified atom stereocenters. The zero-order chi connectivity index (χ0) is 13.8. The van der Waals surface area contributed by atoms with Gasteiger partial charge in [-0.1, -0.05) is 24.3 Å². The first kappa shape index (κ1) is 13.1. The van der Waals surface area contributed by atoms with Gasteiger partial charge < -0.3 is 0 Å². The van der Waals surface area contributed by atoms with Crippen molar-refractivity contribution in [1.82, 2.24) is 0 Å². The maximum Gasteiger partial charge on any atom is 0.170 e. The smallest absolute Gasteiger partial charge is 0.170 e. The Morgan fingerprint density at radius 1 is 1.05 bits per heavy atom. The summed E-state index contributed by atoms with van der Waals surface area (Å²) < 4.78 is 27.2. The first-order valence-electron chi connectivity index (χ1n) is 5.63. The average Bonchev–Trinajstić information content (AvgIpc) is 2.41. The molecule has 4 heteroatoms. The molecule has 0 aliphatic heterocycles. The number of Topliss-reactive ketones (excluding diaryl/α,β-unsaturated/α-hetero) is 1. The minimum Gasteiger partial charge on any atom is -0.298 e. The van der Waals surface area contributed by atoms with Crippen molar-refractivity contribution in [3.05, 3.63) is 70.8 Å². The molecule has 0 bridgehead atoms. The number of hydrogen-bond donors (Lipinski definition) is 0. The third kappa shape index (κ3) is 2.73. The predicted octanol–water partition coefficient (Wildman–Crippen LogP) is 3.20. The molecule has 0 heterocycles. The molecule has 0 aliphatic rings. The van der Waals surface area contributed by atoms with E-state index in [0.717, 1.165) is 0 Å². The van der Waals surface area contributed by atoms with E-state index in [9.17, 15) is 18.4 Å². The highest BCUT2D eigenvalue weighted by atomic mass is 19.1. The van der Waals surface area contributed by atoms with Crippen LogP contribution in [0.5, 0.6) is 0 Å². The Labute approximate surface area is 108 Å². The quantitative estimate of drug-likeness (QED) is 0.625. The first-order valence-corrected chi connectivity index (χ1v) is 5.63. The highest BCUT2D eigenvalue weighted by molar-refractivity contribution is 5.99. The number of benzene rings is 2. The standard InChI is InChI=1S/C15H10F2O2/c16-13-7-2-1-4-10(13)8-14(19)12-6-3-5-11(9-18)15(12)17/h1-7,9H,8H2. The Bertz CT molecular complexity index is 636. The van der Waals surface area contributed by atoms with E-state index in [1.165, 1.54) is 36.4 Å². The zero-order valence-electron chi connectivity index (χ0n) is 9.90. The van der Waals surface area contributed by atoms with Crippen LogP contribution in [-0.4, -0.2) is 12.1 Å². The molecule has 0 saturated heterocycles. The summed E-state index contributed by atoms with van der Waals surface area (Å²) in [7, 11) is 0. The van der Waals surface area contributed by atoms with Gasteiger partial charge in [-0.3, -0.25) is 9.59 Å². The monoisotopic (exact) mass is 260 g/mol. The van der Waals surface area contributed by atoms with Crippen molar-refractivity contribution in [2.45, 2.75) is 6.42 Å². The molecule has 0 atom stereocenters. The third-order valence-corrected chi connectivity index (χ3v) is 2.76. The fraction of sp³-hybridized carbons (Fsp3) is 0.0667. The Morgan fingerprint density at radius 2 is 1.79 bits per heavy atom. The Morgan fingerprint density at radius 3 is 2.47 bits per heavy atom. The molecule has 0 amide bonds. The van der Waals surface area contributed by atoms with Gasteiger partial charge in [-0.05, 0) is 23.8 Å². The molecule has 19 heavy (non-hydrogen) atoms. The van der Waals surface area contributed by atoms with Gasteiger partial charge in [-0.2, -0.15) is 0 Å². The van der Waals surface area contributed by atoms with E-state index in [2.05, 4.69) is 0 Å². The van der Waals surface area contributed by atoms with Gasteiger partial charge in [0.15, 0.2) is 12.1 Å². The van der Waals surface area contributed by atoms with Gasteiger partial charge in [-0.25, -0.2) is 8.78 Å². The predicted molar refractivity (Wildman–Crippen MR) is 66.2 cm³/mol. The summed E-state index contributed by atoms with van der Waals surface area (Å²) in [6.45, 7) is 0. The highest BCUT2D eigenvalue weighted by Gasteiger charge is 2.16. The van der Waals surface area contributed by atoms with Crippen LogP contribution in [-0.2, 0) is 6.42 Å². The summed E-state index contributed by atoms with van der Waals surface area (Å²) in [5, 5.41) is 0. The van der Waals surface area contributed by atoms with E-state index in [1.807, 2.05) is 0 Å². The van der Waals surface area contributed by atoms with E-state index in [4.69, 9.17) is 0 Å². The topological polar surface area (TPSA) is 34.1 Å². The van der Waals surface area contributed by atoms with E-state index in [-0.39, 0.29) is 23.1 Å². The zero-order valence-corrected chi connectivity index (χ0v) is 9.90. The molecule has 0 radical (unpaired) electrons. The molecule has 96 valence electrons. The highest BCUT2D eigenvalue weighted by Crippen LogP contribution is 2.16. The summed E-state index contributed by atoms with van der Waals surface area (Å²) in [5.74, 6) is -1.94. The Balaban J connectivity index is 2.31. The average molecular weight is 260 g/mol. The number of rotatable bonds is 4. The number of carbonyl (C=O) groups is 2. The van der Waals surface area contributed by atoms with Crippen LogP contribution in [0.3, 0.4) is 0 Å². The first-order chi connectivity index (χ1) is 9.13. The van der Waals surface area contributed by atoms with E-state index in [0.29, 0.717) is 6.29 Å². The maximum absolute atomic E-state index is 13.8. The number of carbonyl (C=O) groups excluding carboxylic acids is 2. The summed E-state index contributed by atoms with van der Waals surface area (Å²) in [5.41, 5.74) is -0.185. The second-order valence-corrected chi connectivity index (χ2v) is 4.02. The molecule has 0 aliphatic carbocycles. The van der Waals surface area contributed by atoms with Crippen LogP contribution in [0.15, 0.2) is 42.5 Å². The molecular formula is C15H10F2O2. The van der Waals surface area contributed by atoms with Crippen LogP contribution in [0.4, 0.5) is 8.78 Å². The number of hydrogen-bond acceptors (Lipinski definition) is 2. The van der Waals surface area contributed by atoms with Crippen LogP contribution in [0.1, 0.15) is 26.3 Å². The normalized spacial score (nSPS) is 10.2. The van der Waals surface area contributed by atoms with Gasteiger partial charge in [0.2, 0.25) is 0 Å². The number of halogens is 2. The summed E-state index contributed by atoms with van der Waals surface area (Å²) in [6, 6.07) is 9.80. The third-order valence-electron chi connectivity index (χ3n) is 2.76. The fourth-order valence-electron chi connectivity index (χ4n) is 1.77. The largest absolute Gasteiger partial charge is 0.298 e. The fourth-order valence-corrected chi connectivity index (χ4v) is 1.77. The summed E-state index contributed by atoms with van der Waals surface area (Å²) in [6.07, 6.45) is 0.0983. The van der Waals surface area contributed by atoms with Gasteiger partial charge in [0.05, 0.1) is 11.1 Å². The molecule has 2 aromatic carbocycles. The molecule has 2 aromatic rings. The Hall–Kier alpha value is -2.36. The van der Waals surface area contributed by atoms with Gasteiger partial charge >= 0.3 is 0 Å². The van der Waals surface area contributed by atoms with Crippen molar-refractivity contribution in [2.24, 2.45) is 0 Å². The van der Waals surface area contributed by atoms with E-state index < -0.39 is 17.4 Å². The molecule has 0 N–H and O–H groups in total. The van der Waals surface area contributed by atoms with Gasteiger partial charge in [0.1, 0.15) is 11.6 Å². The Kier molecular flexibility index (Phi) is 3.80. The lowest BCUT2D eigenvalue weighted by Crippen LogP contribution is -2.09. The van der Waals surface area contributed by atoms with Crippen LogP contribution < -0.4 is 0 Å². The van der Waals surface area contributed by atoms with Crippen LogP contribution >= 0.6 is 0 Å². The number of aldehydes is 1. The number of ketones is 1. The van der Waals surface area contributed by atoms with E-state index >= 15 is 0 Å². The molecule has 2 rings (SSSR count). The molecule has 0 aromatic heterocycles. The molecular weight excluding hydrogens is 250 g/mol. The van der Waals surface area contributed by atoms with Crippen molar-refractivity contribution >= 4 is 12.1 Å². The second kappa shape index (κ2) is 5.52. The SMILES string of the molecule is O=Cc1cccc(C(=O)Cc2ccccc2F)c1F. The molecule has 0 saturated carbocycles. The van der Waals surface area contributed by atoms with Crippen molar-refractivity contribution in [3.63, 3.8) is 0 Å². The second-order valence-electron chi connectivity index (χ2n) is 4.02. The molecule has 0 fully saturated rings. The van der Waals surface area contributed by atoms with Gasteiger partial charge in [0.25, 0.3) is 0 Å². The van der Waals surface area contributed by atoms with Crippen molar-refractivity contribution < 1.29 is 18.4 Å². The molecule has 2 nitrogen and oxygen atoms in total. The van der Waals surface area contributed by atoms with E-state index in [1.54, 1.807) is 6.07 Å². The minimum atomic E-state index is -0.862. The lowest BCUT2D eigenvalue weighted by Gasteiger charge is -2.05. The minimum absolute atomic E-state index is 0.181. The van der Waals surface area contributed by atoms with Crippen LogP contribution in [0.2, 0.25) is 0 Å². The van der Waals surface area contributed by atoms with Crippen molar-refractivity contribution in [3.8, 4) is 0 Å². The lowest BCUT2D eigenvalue weighted by molar-refractivity contribution is 0.0988. The molecule has 0 spiro atoms. The van der Waals surface area contributed by atoms with Gasteiger partial charge in [-0.15, -0.1) is 0 Å².